The zero-order valence-electron chi connectivity index (χ0n) is 7.49. The van der Waals surface area contributed by atoms with E-state index < -0.39 is 0 Å². The molecule has 12 heavy (non-hydrogen) atoms. The van der Waals surface area contributed by atoms with Gasteiger partial charge in [0.1, 0.15) is 0 Å². The first-order valence-corrected chi connectivity index (χ1v) is 4.15. The van der Waals surface area contributed by atoms with Crippen LogP contribution in [0.15, 0.2) is 12.4 Å². The standard InChI is InChI=1S/C9H13N3/c1-3-9(4-5-10)12-7-8(2)6-11-12/h6-7,9H,3-4H2,1-2H3. The molecule has 0 aliphatic heterocycles. The Balaban J connectivity index is 2.74. The van der Waals surface area contributed by atoms with Crippen LogP contribution >= 0.6 is 0 Å². The molecule has 0 spiro atoms. The van der Waals surface area contributed by atoms with Gasteiger partial charge < -0.3 is 0 Å². The van der Waals surface area contributed by atoms with Gasteiger partial charge in [-0.05, 0) is 18.9 Å². The average molecular weight is 163 g/mol. The van der Waals surface area contributed by atoms with Crippen molar-refractivity contribution in [1.29, 1.82) is 5.26 Å². The second kappa shape index (κ2) is 3.91. The Morgan fingerprint density at radius 2 is 2.50 bits per heavy atom. The van der Waals surface area contributed by atoms with E-state index in [9.17, 15) is 0 Å². The van der Waals surface area contributed by atoms with Crippen molar-refractivity contribution in [2.24, 2.45) is 0 Å². The molecule has 0 fully saturated rings. The number of nitrogens with zero attached hydrogens (tertiary/aromatic N) is 3. The third kappa shape index (κ3) is 1.85. The Bertz CT molecular complexity index is 282. The van der Waals surface area contributed by atoms with Gasteiger partial charge in [-0.15, -0.1) is 0 Å². The van der Waals surface area contributed by atoms with E-state index in [0.717, 1.165) is 12.0 Å². The minimum Gasteiger partial charge on any atom is -0.268 e. The maximum Gasteiger partial charge on any atom is 0.0646 e. The van der Waals surface area contributed by atoms with Crippen LogP contribution in [0.2, 0.25) is 0 Å². The molecule has 64 valence electrons. The van der Waals surface area contributed by atoms with E-state index >= 15 is 0 Å². The summed E-state index contributed by atoms with van der Waals surface area (Å²) in [7, 11) is 0. The van der Waals surface area contributed by atoms with Gasteiger partial charge in [0.2, 0.25) is 0 Å². The first-order valence-electron chi connectivity index (χ1n) is 4.15. The van der Waals surface area contributed by atoms with Crippen LogP contribution in [0.5, 0.6) is 0 Å². The molecule has 0 amide bonds. The Labute approximate surface area is 72.6 Å². The lowest BCUT2D eigenvalue weighted by Gasteiger charge is -2.10. The summed E-state index contributed by atoms with van der Waals surface area (Å²) in [6.07, 6.45) is 5.29. The summed E-state index contributed by atoms with van der Waals surface area (Å²) < 4.78 is 1.87. The lowest BCUT2D eigenvalue weighted by atomic mass is 10.2. The van der Waals surface area contributed by atoms with Gasteiger partial charge in [0.15, 0.2) is 0 Å². The lowest BCUT2D eigenvalue weighted by molar-refractivity contribution is 0.448. The topological polar surface area (TPSA) is 41.6 Å². The molecule has 0 bridgehead atoms. The Hall–Kier alpha value is -1.30. The molecule has 0 aromatic carbocycles. The molecular weight excluding hydrogens is 150 g/mol. The van der Waals surface area contributed by atoms with Crippen LogP contribution < -0.4 is 0 Å². The summed E-state index contributed by atoms with van der Waals surface area (Å²) >= 11 is 0. The number of hydrogen-bond donors (Lipinski definition) is 0. The van der Waals surface area contributed by atoms with Crippen molar-refractivity contribution in [2.45, 2.75) is 32.7 Å². The molecule has 0 aliphatic carbocycles. The van der Waals surface area contributed by atoms with Gasteiger partial charge in [-0.3, -0.25) is 4.68 Å². The molecule has 1 aromatic heterocycles. The molecule has 0 N–H and O–H groups in total. The zero-order valence-corrected chi connectivity index (χ0v) is 7.49. The van der Waals surface area contributed by atoms with Crippen molar-refractivity contribution in [1.82, 2.24) is 9.78 Å². The third-order valence-electron chi connectivity index (χ3n) is 1.90. The van der Waals surface area contributed by atoms with Crippen molar-refractivity contribution in [3.8, 4) is 6.07 Å². The Morgan fingerprint density at radius 1 is 1.75 bits per heavy atom. The van der Waals surface area contributed by atoms with E-state index in [1.54, 1.807) is 0 Å². The highest BCUT2D eigenvalue weighted by atomic mass is 15.3. The van der Waals surface area contributed by atoms with Gasteiger partial charge in [0.25, 0.3) is 0 Å². The van der Waals surface area contributed by atoms with E-state index in [1.165, 1.54) is 0 Å². The highest BCUT2D eigenvalue weighted by molar-refractivity contribution is 5.00. The van der Waals surface area contributed by atoms with Crippen molar-refractivity contribution in [3.63, 3.8) is 0 Å². The van der Waals surface area contributed by atoms with Crippen LogP contribution in [0.1, 0.15) is 31.4 Å². The highest BCUT2D eigenvalue weighted by Gasteiger charge is 2.07. The maximum atomic E-state index is 8.54. The fourth-order valence-electron chi connectivity index (χ4n) is 1.16. The van der Waals surface area contributed by atoms with Gasteiger partial charge in [-0.25, -0.2) is 0 Å². The predicted octanol–water partition coefficient (Wildman–Crippen LogP) is 2.06. The van der Waals surface area contributed by atoms with Crippen LogP contribution in [0.3, 0.4) is 0 Å². The smallest absolute Gasteiger partial charge is 0.0646 e. The quantitative estimate of drug-likeness (QED) is 0.684. The van der Waals surface area contributed by atoms with Gasteiger partial charge in [-0.1, -0.05) is 6.92 Å². The molecule has 1 atom stereocenters. The van der Waals surface area contributed by atoms with Crippen molar-refractivity contribution in [2.75, 3.05) is 0 Å². The largest absolute Gasteiger partial charge is 0.268 e. The number of rotatable bonds is 3. The first kappa shape index (κ1) is 8.79. The summed E-state index contributed by atoms with van der Waals surface area (Å²) in [4.78, 5) is 0. The summed E-state index contributed by atoms with van der Waals surface area (Å²) in [5, 5.41) is 12.7. The van der Waals surface area contributed by atoms with Gasteiger partial charge in [0, 0.05) is 6.20 Å². The number of aromatic nitrogens is 2. The Kier molecular flexibility index (Phi) is 2.87. The highest BCUT2D eigenvalue weighted by Crippen LogP contribution is 2.14. The molecule has 1 heterocycles. The molecule has 3 heteroatoms. The first-order chi connectivity index (χ1) is 5.77. The summed E-state index contributed by atoms with van der Waals surface area (Å²) in [5.41, 5.74) is 1.14. The van der Waals surface area contributed by atoms with E-state index in [1.807, 2.05) is 24.0 Å². The minimum absolute atomic E-state index is 0.240. The molecular formula is C9H13N3. The second-order valence-corrected chi connectivity index (χ2v) is 2.92. The summed E-state index contributed by atoms with van der Waals surface area (Å²) in [6.45, 7) is 4.07. The monoisotopic (exact) mass is 163 g/mol. The number of hydrogen-bond acceptors (Lipinski definition) is 2. The molecule has 3 nitrogen and oxygen atoms in total. The third-order valence-corrected chi connectivity index (χ3v) is 1.90. The fraction of sp³-hybridized carbons (Fsp3) is 0.556. The second-order valence-electron chi connectivity index (χ2n) is 2.92. The minimum atomic E-state index is 0.240. The average Bonchev–Trinajstić information content (AvgIpc) is 2.47. The van der Waals surface area contributed by atoms with Gasteiger partial charge in [0.05, 0.1) is 24.7 Å². The fourth-order valence-corrected chi connectivity index (χ4v) is 1.16. The molecule has 1 unspecified atom stereocenters. The van der Waals surface area contributed by atoms with Crippen LogP contribution in [0.25, 0.3) is 0 Å². The number of nitriles is 1. The Morgan fingerprint density at radius 3 is 2.92 bits per heavy atom. The lowest BCUT2D eigenvalue weighted by Crippen LogP contribution is -2.07. The molecule has 0 radical (unpaired) electrons. The van der Waals surface area contributed by atoms with Crippen LogP contribution in [-0.4, -0.2) is 9.78 Å². The molecule has 1 aromatic rings. The van der Waals surface area contributed by atoms with E-state index in [-0.39, 0.29) is 6.04 Å². The number of aryl methyl sites for hydroxylation is 1. The van der Waals surface area contributed by atoms with Crippen molar-refractivity contribution >= 4 is 0 Å². The van der Waals surface area contributed by atoms with E-state index in [0.29, 0.717) is 6.42 Å². The molecule has 0 saturated heterocycles. The molecule has 1 rings (SSSR count). The van der Waals surface area contributed by atoms with Crippen LogP contribution in [-0.2, 0) is 0 Å². The van der Waals surface area contributed by atoms with Crippen LogP contribution in [0, 0.1) is 18.3 Å². The predicted molar refractivity (Wildman–Crippen MR) is 46.5 cm³/mol. The van der Waals surface area contributed by atoms with Gasteiger partial charge in [-0.2, -0.15) is 10.4 Å². The maximum absolute atomic E-state index is 8.54. The van der Waals surface area contributed by atoms with E-state index in [2.05, 4.69) is 18.1 Å². The zero-order chi connectivity index (χ0) is 8.97. The van der Waals surface area contributed by atoms with Crippen LogP contribution in [0.4, 0.5) is 0 Å². The molecule has 0 saturated carbocycles. The summed E-state index contributed by atoms with van der Waals surface area (Å²) in [6, 6.07) is 2.41. The molecule has 0 aliphatic rings. The normalized spacial score (nSPS) is 12.4. The van der Waals surface area contributed by atoms with Crippen molar-refractivity contribution in [3.05, 3.63) is 18.0 Å². The van der Waals surface area contributed by atoms with Gasteiger partial charge >= 0.3 is 0 Å². The van der Waals surface area contributed by atoms with Crippen molar-refractivity contribution < 1.29 is 0 Å². The summed E-state index contributed by atoms with van der Waals surface area (Å²) in [5.74, 6) is 0. The van der Waals surface area contributed by atoms with E-state index in [4.69, 9.17) is 5.26 Å². The SMILES string of the molecule is CCC(CC#N)n1cc(C)cn1.